The van der Waals surface area contributed by atoms with Crippen LogP contribution in [-0.2, 0) is 0 Å². The summed E-state index contributed by atoms with van der Waals surface area (Å²) in [6.45, 7) is 5.59. The fourth-order valence-electron chi connectivity index (χ4n) is 7.39. The number of aryl methyl sites for hydroxylation is 1. The van der Waals surface area contributed by atoms with Crippen molar-refractivity contribution >= 4 is 52.5 Å². The van der Waals surface area contributed by atoms with Crippen molar-refractivity contribution in [3.05, 3.63) is 113 Å². The van der Waals surface area contributed by atoms with E-state index in [0.717, 1.165) is 45.8 Å². The average molecular weight is 738 g/mol. The predicted molar refractivity (Wildman–Crippen MR) is 215 cm³/mol. The maximum atomic E-state index is 13.8. The highest BCUT2D eigenvalue weighted by molar-refractivity contribution is 6.06. The van der Waals surface area contributed by atoms with Crippen LogP contribution in [0.25, 0.3) is 11.1 Å². The number of aliphatic imine (C=N–C) groups is 2. The highest BCUT2D eigenvalue weighted by atomic mass is 16.5. The van der Waals surface area contributed by atoms with E-state index in [1.807, 2.05) is 68.2 Å². The number of hydrogen-bond donors (Lipinski definition) is 1. The van der Waals surface area contributed by atoms with Crippen LogP contribution in [0.5, 0.6) is 23.0 Å². The van der Waals surface area contributed by atoms with Gasteiger partial charge in [0.05, 0.1) is 62.0 Å². The number of methoxy groups -OCH3 is 2. The smallest absolute Gasteiger partial charge is 0.260 e. The maximum Gasteiger partial charge on any atom is 0.260 e. The Bertz CT molecular complexity index is 2260. The van der Waals surface area contributed by atoms with Gasteiger partial charge in [-0.1, -0.05) is 24.3 Å². The van der Waals surface area contributed by atoms with Gasteiger partial charge in [-0.15, -0.1) is 0 Å². The fraction of sp³-hybridized carbons (Fsp3) is 0.273. The molecule has 0 fully saturated rings. The first-order valence-corrected chi connectivity index (χ1v) is 18.6. The molecule has 11 nitrogen and oxygen atoms in total. The minimum absolute atomic E-state index is 0.0858. The van der Waals surface area contributed by atoms with Gasteiger partial charge in [0.2, 0.25) is 0 Å². The maximum absolute atomic E-state index is 13.8. The Morgan fingerprint density at radius 2 is 1.24 bits per heavy atom. The van der Waals surface area contributed by atoms with Crippen molar-refractivity contribution < 1.29 is 28.5 Å². The number of rotatable bonds is 12. The zero-order chi connectivity index (χ0) is 38.1. The summed E-state index contributed by atoms with van der Waals surface area (Å²) in [5.74, 6) is 2.20. The lowest BCUT2D eigenvalue weighted by Crippen LogP contribution is -2.32. The largest absolute Gasteiger partial charge is 0.497 e. The molecule has 0 aliphatic carbocycles. The van der Waals surface area contributed by atoms with E-state index < -0.39 is 0 Å². The summed E-state index contributed by atoms with van der Waals surface area (Å²) in [5.41, 5.74) is 8.35. The lowest BCUT2D eigenvalue weighted by Gasteiger charge is -2.19. The van der Waals surface area contributed by atoms with Gasteiger partial charge in [-0.3, -0.25) is 19.6 Å². The van der Waals surface area contributed by atoms with Crippen LogP contribution in [0.3, 0.4) is 0 Å². The van der Waals surface area contributed by atoms with Gasteiger partial charge in [0.15, 0.2) is 11.5 Å². The van der Waals surface area contributed by atoms with E-state index in [9.17, 15) is 9.59 Å². The third-order valence-corrected chi connectivity index (χ3v) is 10.3. The van der Waals surface area contributed by atoms with Crippen LogP contribution < -0.4 is 24.3 Å². The molecular formula is C44H43N5O6. The van der Waals surface area contributed by atoms with Crippen molar-refractivity contribution in [3.8, 4) is 23.0 Å². The summed E-state index contributed by atoms with van der Waals surface area (Å²) >= 11 is 0. The lowest BCUT2D eigenvalue weighted by molar-refractivity contribution is 0.0809. The molecule has 0 bridgehead atoms. The minimum atomic E-state index is -0.178. The van der Waals surface area contributed by atoms with Crippen LogP contribution in [0, 0.1) is 6.92 Å². The molecule has 55 heavy (non-hydrogen) atoms. The van der Waals surface area contributed by atoms with Crippen LogP contribution in [0.15, 0.2) is 95.2 Å². The van der Waals surface area contributed by atoms with Crippen LogP contribution in [0.4, 0.5) is 17.1 Å². The zero-order valence-corrected chi connectivity index (χ0v) is 31.4. The highest BCUT2D eigenvalue weighted by Gasteiger charge is 2.35. The molecule has 2 amide bonds. The third kappa shape index (κ3) is 7.05. The summed E-state index contributed by atoms with van der Waals surface area (Å²) in [4.78, 5) is 40.5. The van der Waals surface area contributed by atoms with Crippen LogP contribution in [0.1, 0.15) is 63.6 Å². The van der Waals surface area contributed by atoms with Gasteiger partial charge in [-0.05, 0) is 78.1 Å². The molecule has 4 aliphatic heterocycles. The minimum Gasteiger partial charge on any atom is -0.497 e. The van der Waals surface area contributed by atoms with Crippen molar-refractivity contribution in [1.29, 1.82) is 0 Å². The fourth-order valence-corrected chi connectivity index (χ4v) is 7.39. The summed E-state index contributed by atoms with van der Waals surface area (Å²) in [7, 11) is 3.20. The Morgan fingerprint density at radius 1 is 0.691 bits per heavy atom. The van der Waals surface area contributed by atoms with E-state index in [1.54, 1.807) is 36.2 Å². The van der Waals surface area contributed by atoms with Gasteiger partial charge in [-0.25, -0.2) is 0 Å². The molecule has 4 heterocycles. The Balaban J connectivity index is 0.889. The van der Waals surface area contributed by atoms with Gasteiger partial charge in [0, 0.05) is 68.5 Å². The second-order valence-electron chi connectivity index (χ2n) is 13.9. The van der Waals surface area contributed by atoms with E-state index >= 15 is 0 Å². The molecule has 0 saturated heterocycles. The molecule has 1 N–H and O–H groups in total. The number of fused-ring (bicyclic) bond motifs is 4. The molecule has 4 aliphatic rings. The SMILES string of the molecule is CCNc1ccc(C2=CN3C(=O)c4cc(OC)c(OCCCOc5cc6c(cc5C)C(=O)N5C=C(c7ccc(OC)cc7)C[C@H]5C=N6)cc4N=C[C@@H]3C2)cc1. The van der Waals surface area contributed by atoms with Crippen LogP contribution in [0.2, 0.25) is 0 Å². The normalized spacial score (nSPS) is 18.0. The number of carbonyl (C=O) groups excluding carboxylic acids is 2. The number of benzene rings is 4. The van der Waals surface area contributed by atoms with Crippen molar-refractivity contribution in [2.45, 2.75) is 45.2 Å². The van der Waals surface area contributed by atoms with Gasteiger partial charge >= 0.3 is 0 Å². The van der Waals surface area contributed by atoms with Crippen LogP contribution in [-0.4, -0.2) is 80.1 Å². The Kier molecular flexibility index (Phi) is 9.84. The first-order valence-electron chi connectivity index (χ1n) is 18.6. The Hall–Kier alpha value is -6.36. The van der Waals surface area contributed by atoms with Gasteiger partial charge in [-0.2, -0.15) is 0 Å². The van der Waals surface area contributed by atoms with E-state index in [2.05, 4.69) is 36.5 Å². The molecule has 0 aromatic heterocycles. The number of hydrogen-bond acceptors (Lipinski definition) is 9. The molecular weight excluding hydrogens is 695 g/mol. The second kappa shape index (κ2) is 15.2. The number of nitrogens with zero attached hydrogens (tertiary/aromatic N) is 4. The summed E-state index contributed by atoms with van der Waals surface area (Å²) < 4.78 is 23.3. The first-order chi connectivity index (χ1) is 26.8. The number of nitrogens with one attached hydrogen (secondary N) is 1. The molecule has 0 radical (unpaired) electrons. The zero-order valence-electron chi connectivity index (χ0n) is 31.4. The Labute approximate surface area is 320 Å². The van der Waals surface area contributed by atoms with Gasteiger partial charge in [0.1, 0.15) is 11.5 Å². The summed E-state index contributed by atoms with van der Waals surface area (Å²) in [5, 5.41) is 3.32. The number of anilines is 1. The van der Waals surface area contributed by atoms with E-state index in [0.29, 0.717) is 72.2 Å². The van der Waals surface area contributed by atoms with Crippen LogP contribution >= 0.6 is 0 Å². The second-order valence-corrected chi connectivity index (χ2v) is 13.9. The Morgan fingerprint density at radius 3 is 1.80 bits per heavy atom. The molecule has 0 spiro atoms. The van der Waals surface area contributed by atoms with Crippen molar-refractivity contribution in [3.63, 3.8) is 0 Å². The van der Waals surface area contributed by atoms with E-state index in [-0.39, 0.29) is 23.9 Å². The molecule has 280 valence electrons. The first kappa shape index (κ1) is 35.7. The monoisotopic (exact) mass is 737 g/mol. The van der Waals surface area contributed by atoms with Crippen molar-refractivity contribution in [2.75, 3.05) is 39.3 Å². The molecule has 4 aromatic rings. The number of amides is 2. The van der Waals surface area contributed by atoms with E-state index in [4.69, 9.17) is 28.9 Å². The molecule has 11 heteroatoms. The van der Waals surface area contributed by atoms with Gasteiger partial charge in [0.25, 0.3) is 11.8 Å². The van der Waals surface area contributed by atoms with Crippen molar-refractivity contribution in [2.24, 2.45) is 9.98 Å². The summed E-state index contributed by atoms with van der Waals surface area (Å²) in [6.07, 6.45) is 9.49. The van der Waals surface area contributed by atoms with Crippen molar-refractivity contribution in [1.82, 2.24) is 9.80 Å². The molecule has 0 unspecified atom stereocenters. The lowest BCUT2D eigenvalue weighted by atomic mass is 10.0. The topological polar surface area (TPSA) is 114 Å². The summed E-state index contributed by atoms with van der Waals surface area (Å²) in [6, 6.07) is 23.0. The third-order valence-electron chi connectivity index (χ3n) is 10.3. The average Bonchev–Trinajstić information content (AvgIpc) is 3.79. The standard InChI is InChI=1S/C44H43N5O6/c1-5-45-32-11-7-28(8-12-32)30-18-34-24-47-39-22-42(41(53-4)20-37(39)44(51)49(34)25-30)55-16-6-15-54-40-21-38-36(17-27(40)2)43(50)48-26-31(19-33(48)23-46-38)29-9-13-35(52-3)14-10-29/h7-14,17,20-26,33-34,45H,5-6,15-16,18-19H2,1-4H3/t33-,34-/m0/s1. The quantitative estimate of drug-likeness (QED) is 0.146. The molecule has 0 saturated carbocycles. The predicted octanol–water partition coefficient (Wildman–Crippen LogP) is 8.23. The molecule has 4 aromatic carbocycles. The molecule has 8 rings (SSSR count). The molecule has 2 atom stereocenters. The highest BCUT2D eigenvalue weighted by Crippen LogP contribution is 2.41. The number of carbonyl (C=O) groups is 2. The van der Waals surface area contributed by atoms with E-state index in [1.165, 1.54) is 0 Å². The van der Waals surface area contributed by atoms with Gasteiger partial charge < -0.3 is 34.1 Å². The number of ether oxygens (including phenoxy) is 4.